The van der Waals surface area contributed by atoms with Crippen LogP contribution in [0.3, 0.4) is 0 Å². The van der Waals surface area contributed by atoms with E-state index in [2.05, 4.69) is 0 Å². The van der Waals surface area contributed by atoms with E-state index >= 15 is 0 Å². The van der Waals surface area contributed by atoms with E-state index in [1.54, 1.807) is 0 Å². The third-order valence-corrected chi connectivity index (χ3v) is 3.25. The summed E-state index contributed by atoms with van der Waals surface area (Å²) in [6.07, 6.45) is 5.75. The number of aromatic nitrogens is 1. The van der Waals surface area contributed by atoms with Gasteiger partial charge in [-0.25, -0.2) is 0 Å². The molecule has 0 aromatic carbocycles. The molecule has 0 saturated heterocycles. The van der Waals surface area contributed by atoms with Crippen molar-refractivity contribution in [2.24, 2.45) is 5.92 Å². The lowest BCUT2D eigenvalue weighted by atomic mass is 10.1. The third-order valence-electron chi connectivity index (χ3n) is 3.25. The number of hydrogen-bond acceptors (Lipinski definition) is 3. The molecule has 1 aliphatic rings. The Morgan fingerprint density at radius 3 is 2.56 bits per heavy atom. The molecule has 1 unspecified atom stereocenters. The molecule has 4 heteroatoms. The molecule has 102 valence electrons. The molecule has 2 rings (SSSR count). The first-order valence-corrected chi connectivity index (χ1v) is 6.81. The molecule has 1 aromatic heterocycles. The van der Waals surface area contributed by atoms with E-state index in [-0.39, 0.29) is 12.4 Å². The van der Waals surface area contributed by atoms with Crippen LogP contribution in [-0.2, 0) is 16.0 Å². The van der Waals surface area contributed by atoms with Gasteiger partial charge in [0.1, 0.15) is 0 Å². The van der Waals surface area contributed by atoms with Gasteiger partial charge in [0, 0.05) is 25.6 Å². The van der Waals surface area contributed by atoms with Gasteiger partial charge in [-0.15, -0.1) is 0 Å². The minimum absolute atomic E-state index is 0.210. The van der Waals surface area contributed by atoms with Gasteiger partial charge >= 0.3 is 0 Å². The van der Waals surface area contributed by atoms with Gasteiger partial charge in [0.15, 0.2) is 6.29 Å². The van der Waals surface area contributed by atoms with Crippen LogP contribution in [0.2, 0.25) is 0 Å². The Morgan fingerprint density at radius 2 is 2.00 bits per heavy atom. The number of aliphatic hydroxyl groups excluding tert-OH is 1. The van der Waals surface area contributed by atoms with E-state index in [0.717, 1.165) is 18.4 Å². The van der Waals surface area contributed by atoms with Gasteiger partial charge in [0.25, 0.3) is 0 Å². The zero-order chi connectivity index (χ0) is 13.0. The number of nitrogens with zero attached hydrogens (tertiary/aromatic N) is 1. The van der Waals surface area contributed by atoms with Crippen molar-refractivity contribution in [2.45, 2.75) is 45.6 Å². The van der Waals surface area contributed by atoms with E-state index < -0.39 is 0 Å². The van der Waals surface area contributed by atoms with E-state index in [4.69, 9.17) is 9.47 Å². The average Bonchev–Trinajstić information content (AvgIpc) is 3.10. The summed E-state index contributed by atoms with van der Waals surface area (Å²) in [4.78, 5) is 0. The molecular weight excluding hydrogens is 230 g/mol. The number of aliphatic hydroxyl groups is 1. The number of hydrogen-bond donors (Lipinski definition) is 1. The Morgan fingerprint density at radius 1 is 1.33 bits per heavy atom. The molecule has 18 heavy (non-hydrogen) atoms. The summed E-state index contributed by atoms with van der Waals surface area (Å²) in [7, 11) is 0. The van der Waals surface area contributed by atoms with Crippen LogP contribution < -0.4 is 0 Å². The maximum atomic E-state index is 10.0. The first kappa shape index (κ1) is 13.6. The summed E-state index contributed by atoms with van der Waals surface area (Å²) in [5, 5.41) is 10.0. The van der Waals surface area contributed by atoms with Crippen LogP contribution in [-0.4, -0.2) is 29.2 Å². The predicted octanol–water partition coefficient (Wildman–Crippen LogP) is 2.33. The average molecular weight is 253 g/mol. The molecule has 1 aliphatic carbocycles. The smallest absolute Gasteiger partial charge is 0.175 e. The lowest BCUT2D eigenvalue weighted by molar-refractivity contribution is -0.143. The van der Waals surface area contributed by atoms with Crippen molar-refractivity contribution in [1.29, 1.82) is 0 Å². The summed E-state index contributed by atoms with van der Waals surface area (Å²) in [5.74, 6) is 0.468. The van der Waals surface area contributed by atoms with Gasteiger partial charge in [-0.3, -0.25) is 0 Å². The third kappa shape index (κ3) is 3.57. The summed E-state index contributed by atoms with van der Waals surface area (Å²) < 4.78 is 13.0. The van der Waals surface area contributed by atoms with Crippen molar-refractivity contribution in [3.05, 3.63) is 24.0 Å². The highest BCUT2D eigenvalue weighted by Crippen LogP contribution is 2.40. The Kier molecular flexibility index (Phi) is 4.80. The Balaban J connectivity index is 1.91. The highest BCUT2D eigenvalue weighted by atomic mass is 16.7. The second-order valence-corrected chi connectivity index (χ2v) is 4.76. The van der Waals surface area contributed by atoms with Crippen LogP contribution in [0.4, 0.5) is 0 Å². The van der Waals surface area contributed by atoms with E-state index in [1.807, 2.05) is 36.9 Å². The van der Waals surface area contributed by atoms with Gasteiger partial charge < -0.3 is 19.1 Å². The van der Waals surface area contributed by atoms with E-state index in [0.29, 0.717) is 25.7 Å². The quantitative estimate of drug-likeness (QED) is 0.723. The fourth-order valence-corrected chi connectivity index (χ4v) is 2.13. The van der Waals surface area contributed by atoms with Crippen LogP contribution in [0.1, 0.15) is 38.4 Å². The molecule has 0 radical (unpaired) electrons. The summed E-state index contributed by atoms with van der Waals surface area (Å²) >= 11 is 0. The minimum atomic E-state index is -0.302. The van der Waals surface area contributed by atoms with Crippen molar-refractivity contribution in [3.63, 3.8) is 0 Å². The van der Waals surface area contributed by atoms with E-state index in [1.165, 1.54) is 0 Å². The summed E-state index contributed by atoms with van der Waals surface area (Å²) in [6, 6.07) is 1.98. The lowest BCUT2D eigenvalue weighted by Crippen LogP contribution is -2.23. The second kappa shape index (κ2) is 6.36. The number of rotatable bonds is 8. The van der Waals surface area contributed by atoms with Crippen LogP contribution in [0.25, 0.3) is 0 Å². The minimum Gasteiger partial charge on any atom is -0.388 e. The van der Waals surface area contributed by atoms with Crippen molar-refractivity contribution < 1.29 is 14.6 Å². The fraction of sp³-hybridized carbons (Fsp3) is 0.714. The molecule has 0 spiro atoms. The summed E-state index contributed by atoms with van der Waals surface area (Å²) in [6.45, 7) is 5.87. The maximum Gasteiger partial charge on any atom is 0.175 e. The van der Waals surface area contributed by atoms with Crippen LogP contribution in [0, 0.1) is 5.92 Å². The van der Waals surface area contributed by atoms with Crippen molar-refractivity contribution in [1.82, 2.24) is 4.57 Å². The van der Waals surface area contributed by atoms with Crippen molar-refractivity contribution in [3.8, 4) is 0 Å². The molecule has 1 N–H and O–H groups in total. The Hall–Kier alpha value is -0.840. The van der Waals surface area contributed by atoms with Crippen LogP contribution >= 0.6 is 0 Å². The molecule has 0 bridgehead atoms. The first-order chi connectivity index (χ1) is 8.74. The molecule has 0 amide bonds. The van der Waals surface area contributed by atoms with Gasteiger partial charge in [-0.1, -0.05) is 0 Å². The van der Waals surface area contributed by atoms with Crippen LogP contribution in [0.15, 0.2) is 18.5 Å². The molecular formula is C14H23NO3. The van der Waals surface area contributed by atoms with Gasteiger partial charge in [0.2, 0.25) is 0 Å². The fourth-order valence-electron chi connectivity index (χ4n) is 2.13. The SMILES string of the molecule is CCOC(Cn1ccc(C(O)C2CC2)c1)OCC. The molecule has 1 saturated carbocycles. The zero-order valence-corrected chi connectivity index (χ0v) is 11.2. The number of ether oxygens (including phenoxy) is 2. The normalized spacial score (nSPS) is 17.3. The topological polar surface area (TPSA) is 43.6 Å². The van der Waals surface area contributed by atoms with Gasteiger partial charge in [-0.2, -0.15) is 0 Å². The zero-order valence-electron chi connectivity index (χ0n) is 11.2. The standard InChI is InChI=1S/C14H23NO3/c1-3-17-13(18-4-2)10-15-8-7-12(9-15)14(16)11-5-6-11/h7-9,11,13-14,16H,3-6,10H2,1-2H3. The van der Waals surface area contributed by atoms with Crippen molar-refractivity contribution in [2.75, 3.05) is 13.2 Å². The molecule has 4 nitrogen and oxygen atoms in total. The Labute approximate surface area is 109 Å². The second-order valence-electron chi connectivity index (χ2n) is 4.76. The summed E-state index contributed by atoms with van der Waals surface area (Å²) in [5.41, 5.74) is 1.00. The van der Waals surface area contributed by atoms with Gasteiger partial charge in [-0.05, 0) is 44.2 Å². The molecule has 1 fully saturated rings. The van der Waals surface area contributed by atoms with Gasteiger partial charge in [0.05, 0.1) is 12.6 Å². The highest BCUT2D eigenvalue weighted by molar-refractivity contribution is 5.16. The molecule has 0 aliphatic heterocycles. The molecule has 1 atom stereocenters. The Bertz CT molecular complexity index is 354. The largest absolute Gasteiger partial charge is 0.388 e. The van der Waals surface area contributed by atoms with E-state index in [9.17, 15) is 5.11 Å². The molecule has 1 aromatic rings. The van der Waals surface area contributed by atoms with Crippen molar-refractivity contribution >= 4 is 0 Å². The predicted molar refractivity (Wildman–Crippen MR) is 69.2 cm³/mol. The maximum absolute atomic E-state index is 10.0. The highest BCUT2D eigenvalue weighted by Gasteiger charge is 2.31. The lowest BCUT2D eigenvalue weighted by Gasteiger charge is -2.17. The molecule has 1 heterocycles. The first-order valence-electron chi connectivity index (χ1n) is 6.81. The van der Waals surface area contributed by atoms with Crippen LogP contribution in [0.5, 0.6) is 0 Å². The monoisotopic (exact) mass is 253 g/mol.